The normalized spacial score (nSPS) is 11.4. The van der Waals surface area contributed by atoms with Crippen LogP contribution in [0.1, 0.15) is 5.56 Å². The molecular weight excluding hydrogens is 218 g/mol. The number of benzene rings is 1. The summed E-state index contributed by atoms with van der Waals surface area (Å²) >= 11 is 0. The van der Waals surface area contributed by atoms with Gasteiger partial charge in [0.1, 0.15) is 5.82 Å². The molecule has 0 spiro atoms. The Hall–Kier alpha value is -2.14. The van der Waals surface area contributed by atoms with Crippen LogP contribution in [0.2, 0.25) is 0 Å². The van der Waals surface area contributed by atoms with Crippen molar-refractivity contribution in [2.75, 3.05) is 19.5 Å². The van der Waals surface area contributed by atoms with E-state index in [9.17, 15) is 4.79 Å². The van der Waals surface area contributed by atoms with Gasteiger partial charge in [-0.2, -0.15) is 4.98 Å². The van der Waals surface area contributed by atoms with E-state index >= 15 is 0 Å². The molecule has 5 nitrogen and oxygen atoms in total. The molecule has 0 saturated heterocycles. The van der Waals surface area contributed by atoms with Crippen molar-refractivity contribution in [1.29, 1.82) is 0 Å². The highest BCUT2D eigenvalue weighted by Gasteiger charge is 2.04. The van der Waals surface area contributed by atoms with Gasteiger partial charge < -0.3 is 15.5 Å². The Morgan fingerprint density at radius 2 is 2.35 bits per heavy atom. The molecule has 0 aliphatic heterocycles. The fourth-order valence-corrected chi connectivity index (χ4v) is 1.68. The minimum absolute atomic E-state index is 0.237. The van der Waals surface area contributed by atoms with Crippen molar-refractivity contribution in [3.05, 3.63) is 40.3 Å². The molecule has 0 atom stereocenters. The molecule has 2 aromatic rings. The van der Waals surface area contributed by atoms with Crippen molar-refractivity contribution in [2.24, 2.45) is 0 Å². The maximum absolute atomic E-state index is 11.2. The minimum atomic E-state index is -0.437. The lowest BCUT2D eigenvalue weighted by atomic mass is 10.1. The van der Waals surface area contributed by atoms with E-state index in [4.69, 9.17) is 10.5 Å². The molecule has 0 aliphatic carbocycles. The smallest absolute Gasteiger partial charge is 0.347 e. The SMILES string of the molecule is COC/C=C/c1cccc2[nH]c(=O)nc(N)c12. The van der Waals surface area contributed by atoms with Crippen molar-refractivity contribution in [2.45, 2.75) is 0 Å². The highest BCUT2D eigenvalue weighted by atomic mass is 16.5. The Balaban J connectivity index is 2.60. The molecule has 1 aromatic heterocycles. The third-order valence-corrected chi connectivity index (χ3v) is 2.38. The minimum Gasteiger partial charge on any atom is -0.383 e. The predicted molar refractivity (Wildman–Crippen MR) is 67.7 cm³/mol. The molecule has 0 amide bonds. The van der Waals surface area contributed by atoms with E-state index in [0.717, 1.165) is 10.9 Å². The van der Waals surface area contributed by atoms with E-state index in [1.54, 1.807) is 13.2 Å². The van der Waals surface area contributed by atoms with Crippen molar-refractivity contribution >= 4 is 22.8 Å². The Bertz CT molecular complexity index is 617. The number of nitrogens with one attached hydrogen (secondary N) is 1. The number of methoxy groups -OCH3 is 1. The fraction of sp³-hybridized carbons (Fsp3) is 0.167. The number of fused-ring (bicyclic) bond motifs is 1. The number of nitrogens with zero attached hydrogens (tertiary/aromatic N) is 1. The Kier molecular flexibility index (Phi) is 3.20. The Morgan fingerprint density at radius 1 is 1.53 bits per heavy atom. The lowest BCUT2D eigenvalue weighted by Crippen LogP contribution is -2.12. The molecule has 2 rings (SSSR count). The third kappa shape index (κ3) is 2.34. The first kappa shape index (κ1) is 11.3. The van der Waals surface area contributed by atoms with Gasteiger partial charge in [-0.3, -0.25) is 0 Å². The van der Waals surface area contributed by atoms with E-state index < -0.39 is 5.69 Å². The molecule has 1 aromatic carbocycles. The lowest BCUT2D eigenvalue weighted by Gasteiger charge is -2.04. The van der Waals surface area contributed by atoms with Gasteiger partial charge in [0.25, 0.3) is 0 Å². The topological polar surface area (TPSA) is 81.0 Å². The Labute approximate surface area is 97.9 Å². The first-order valence-electron chi connectivity index (χ1n) is 5.16. The maximum atomic E-state index is 11.2. The molecule has 0 fully saturated rings. The largest absolute Gasteiger partial charge is 0.383 e. The second-order valence-electron chi connectivity index (χ2n) is 3.55. The average Bonchev–Trinajstić information content (AvgIpc) is 2.28. The molecule has 0 bridgehead atoms. The average molecular weight is 231 g/mol. The van der Waals surface area contributed by atoms with Crippen LogP contribution >= 0.6 is 0 Å². The van der Waals surface area contributed by atoms with Crippen molar-refractivity contribution in [1.82, 2.24) is 9.97 Å². The first-order valence-corrected chi connectivity index (χ1v) is 5.16. The molecule has 3 N–H and O–H groups in total. The number of ether oxygens (including phenoxy) is 1. The molecule has 0 unspecified atom stereocenters. The number of H-pyrrole nitrogens is 1. The molecule has 1 heterocycles. The maximum Gasteiger partial charge on any atom is 0.347 e. The quantitative estimate of drug-likeness (QED) is 0.830. The number of hydrogen-bond acceptors (Lipinski definition) is 4. The number of rotatable bonds is 3. The van der Waals surface area contributed by atoms with Crippen molar-refractivity contribution in [3.8, 4) is 0 Å². The standard InChI is InChI=1S/C12H13N3O2/c1-17-7-3-5-8-4-2-6-9-10(8)11(13)15-12(16)14-9/h2-6H,7H2,1H3,(H3,13,14,15,16)/b5-3+. The van der Waals surface area contributed by atoms with E-state index in [1.807, 2.05) is 24.3 Å². The summed E-state index contributed by atoms with van der Waals surface area (Å²) in [5, 5.41) is 0.749. The zero-order valence-electron chi connectivity index (χ0n) is 9.43. The number of anilines is 1. The summed E-state index contributed by atoms with van der Waals surface area (Å²) in [6, 6.07) is 5.55. The van der Waals surface area contributed by atoms with E-state index in [0.29, 0.717) is 12.1 Å². The van der Waals surface area contributed by atoms with Crippen LogP contribution in [0.3, 0.4) is 0 Å². The highest BCUT2D eigenvalue weighted by Crippen LogP contribution is 2.21. The van der Waals surface area contributed by atoms with Gasteiger partial charge in [0, 0.05) is 12.5 Å². The van der Waals surface area contributed by atoms with E-state index in [2.05, 4.69) is 9.97 Å². The zero-order chi connectivity index (χ0) is 12.3. The number of nitrogen functional groups attached to an aromatic ring is 1. The van der Waals surface area contributed by atoms with Crippen LogP contribution in [0, 0.1) is 0 Å². The van der Waals surface area contributed by atoms with Crippen LogP contribution in [0.4, 0.5) is 5.82 Å². The van der Waals surface area contributed by atoms with Crippen molar-refractivity contribution in [3.63, 3.8) is 0 Å². The summed E-state index contributed by atoms with van der Waals surface area (Å²) in [5.74, 6) is 0.237. The van der Waals surface area contributed by atoms with Crippen LogP contribution in [-0.4, -0.2) is 23.7 Å². The number of hydrogen-bond donors (Lipinski definition) is 2. The second kappa shape index (κ2) is 4.80. The van der Waals surface area contributed by atoms with Gasteiger partial charge in [0.05, 0.1) is 12.1 Å². The molecule has 0 radical (unpaired) electrons. The highest BCUT2D eigenvalue weighted by molar-refractivity contribution is 5.95. The van der Waals surface area contributed by atoms with Crippen LogP contribution in [0.25, 0.3) is 17.0 Å². The number of aromatic amines is 1. The molecule has 0 saturated carbocycles. The molecule has 17 heavy (non-hydrogen) atoms. The zero-order valence-corrected chi connectivity index (χ0v) is 9.43. The van der Waals surface area contributed by atoms with Crippen LogP contribution < -0.4 is 11.4 Å². The molecule has 5 heteroatoms. The van der Waals surface area contributed by atoms with Crippen LogP contribution in [0.5, 0.6) is 0 Å². The monoisotopic (exact) mass is 231 g/mol. The van der Waals surface area contributed by atoms with Gasteiger partial charge in [-0.15, -0.1) is 0 Å². The van der Waals surface area contributed by atoms with Gasteiger partial charge in [0.2, 0.25) is 0 Å². The van der Waals surface area contributed by atoms with Crippen molar-refractivity contribution < 1.29 is 4.74 Å². The summed E-state index contributed by atoms with van der Waals surface area (Å²) in [6.07, 6.45) is 3.77. The van der Waals surface area contributed by atoms with Gasteiger partial charge in [-0.05, 0) is 11.6 Å². The summed E-state index contributed by atoms with van der Waals surface area (Å²) in [7, 11) is 1.63. The van der Waals surface area contributed by atoms with Gasteiger partial charge in [-0.1, -0.05) is 24.3 Å². The van der Waals surface area contributed by atoms with Crippen LogP contribution in [-0.2, 0) is 4.74 Å². The van der Waals surface area contributed by atoms with Gasteiger partial charge in [-0.25, -0.2) is 4.79 Å². The first-order chi connectivity index (χ1) is 8.22. The van der Waals surface area contributed by atoms with E-state index in [1.165, 1.54) is 0 Å². The van der Waals surface area contributed by atoms with E-state index in [-0.39, 0.29) is 5.82 Å². The molecule has 0 aliphatic rings. The number of nitrogens with two attached hydrogens (primary N) is 1. The molecular formula is C12H13N3O2. The summed E-state index contributed by atoms with van der Waals surface area (Å²) in [4.78, 5) is 17.5. The Morgan fingerprint density at radius 3 is 3.12 bits per heavy atom. The molecule has 88 valence electrons. The fourth-order valence-electron chi connectivity index (χ4n) is 1.68. The summed E-state index contributed by atoms with van der Waals surface area (Å²) in [5.41, 5.74) is 6.91. The van der Waals surface area contributed by atoms with Gasteiger partial charge in [0.15, 0.2) is 0 Å². The summed E-state index contributed by atoms with van der Waals surface area (Å²) in [6.45, 7) is 0.521. The number of aromatic nitrogens is 2. The predicted octanol–water partition coefficient (Wildman–Crippen LogP) is 1.16. The van der Waals surface area contributed by atoms with Gasteiger partial charge >= 0.3 is 5.69 Å². The summed E-state index contributed by atoms with van der Waals surface area (Å²) < 4.78 is 4.93. The van der Waals surface area contributed by atoms with Crippen LogP contribution in [0.15, 0.2) is 29.1 Å². The second-order valence-corrected chi connectivity index (χ2v) is 3.55. The lowest BCUT2D eigenvalue weighted by molar-refractivity contribution is 0.234. The third-order valence-electron chi connectivity index (χ3n) is 2.38.